The van der Waals surface area contributed by atoms with E-state index in [-0.39, 0.29) is 27.7 Å². The molecule has 2 aromatic carbocycles. The molecule has 0 saturated carbocycles. The molecule has 0 fully saturated rings. The Morgan fingerprint density at radius 3 is 2.57 bits per heavy atom. The Hall–Kier alpha value is -2.80. The second-order valence-corrected chi connectivity index (χ2v) is 4.36. The van der Waals surface area contributed by atoms with E-state index < -0.39 is 4.92 Å². The average Bonchev–Trinajstić information content (AvgIpc) is 2.47. The van der Waals surface area contributed by atoms with Crippen LogP contribution in [0, 0.1) is 10.1 Å². The molecule has 0 saturated heterocycles. The second kappa shape index (κ2) is 6.10. The standard InChI is InChI=1S/C13H8ClN3O4/c14-11-6-10(17(20)21)2-3-12(11)16-15-9-1-4-13(19)8(5-9)7-18/h1-7,19H. The van der Waals surface area contributed by atoms with E-state index in [9.17, 15) is 20.0 Å². The fraction of sp³-hybridized carbons (Fsp3) is 0. The summed E-state index contributed by atoms with van der Waals surface area (Å²) in [7, 11) is 0. The zero-order valence-electron chi connectivity index (χ0n) is 10.4. The van der Waals surface area contributed by atoms with Gasteiger partial charge in [-0.25, -0.2) is 0 Å². The number of phenols is 1. The fourth-order valence-electron chi connectivity index (χ4n) is 1.50. The van der Waals surface area contributed by atoms with E-state index in [0.29, 0.717) is 12.0 Å². The lowest BCUT2D eigenvalue weighted by Gasteiger charge is -1.99. The van der Waals surface area contributed by atoms with Crippen LogP contribution in [0.1, 0.15) is 10.4 Å². The maximum Gasteiger partial charge on any atom is 0.271 e. The smallest absolute Gasteiger partial charge is 0.271 e. The number of aldehydes is 1. The summed E-state index contributed by atoms with van der Waals surface area (Å²) in [5.74, 6) is -0.155. The average molecular weight is 306 g/mol. The Labute approximate surface area is 123 Å². The maximum absolute atomic E-state index is 10.7. The Morgan fingerprint density at radius 2 is 1.95 bits per heavy atom. The van der Waals surface area contributed by atoms with Gasteiger partial charge in [-0.3, -0.25) is 14.9 Å². The van der Waals surface area contributed by atoms with Gasteiger partial charge in [-0.15, -0.1) is 5.11 Å². The first-order valence-corrected chi connectivity index (χ1v) is 6.03. The molecule has 0 aliphatic carbocycles. The Kier molecular flexibility index (Phi) is 4.24. The molecule has 2 aromatic rings. The highest BCUT2D eigenvalue weighted by Crippen LogP contribution is 2.31. The highest BCUT2D eigenvalue weighted by molar-refractivity contribution is 6.33. The number of nitrogens with zero attached hydrogens (tertiary/aromatic N) is 3. The molecule has 0 spiro atoms. The van der Waals surface area contributed by atoms with Crippen LogP contribution < -0.4 is 0 Å². The predicted octanol–water partition coefficient (Wildman–Crippen LogP) is 4.18. The minimum absolute atomic E-state index is 0.0845. The van der Waals surface area contributed by atoms with Crippen molar-refractivity contribution >= 4 is 34.9 Å². The molecule has 0 radical (unpaired) electrons. The van der Waals surface area contributed by atoms with Gasteiger partial charge in [-0.1, -0.05) is 11.6 Å². The predicted molar refractivity (Wildman–Crippen MR) is 75.8 cm³/mol. The number of non-ortho nitro benzene ring substituents is 1. The van der Waals surface area contributed by atoms with Crippen LogP contribution in [0.4, 0.5) is 17.1 Å². The van der Waals surface area contributed by atoms with E-state index in [2.05, 4.69) is 10.2 Å². The summed E-state index contributed by atoms with van der Waals surface area (Å²) >= 11 is 5.87. The lowest BCUT2D eigenvalue weighted by molar-refractivity contribution is -0.384. The third-order valence-electron chi connectivity index (χ3n) is 2.55. The number of benzene rings is 2. The first-order valence-electron chi connectivity index (χ1n) is 5.65. The van der Waals surface area contributed by atoms with Crippen LogP contribution in [0.5, 0.6) is 5.75 Å². The number of aromatic hydroxyl groups is 1. The first-order chi connectivity index (χ1) is 10.0. The van der Waals surface area contributed by atoms with Crippen molar-refractivity contribution in [3.63, 3.8) is 0 Å². The fourth-order valence-corrected chi connectivity index (χ4v) is 1.71. The lowest BCUT2D eigenvalue weighted by atomic mass is 10.2. The summed E-state index contributed by atoms with van der Waals surface area (Å²) in [6.45, 7) is 0. The molecule has 0 heterocycles. The van der Waals surface area contributed by atoms with Crippen molar-refractivity contribution < 1.29 is 14.8 Å². The summed E-state index contributed by atoms with van der Waals surface area (Å²) in [4.78, 5) is 20.7. The van der Waals surface area contributed by atoms with E-state index in [1.54, 1.807) is 0 Å². The summed E-state index contributed by atoms with van der Waals surface area (Å²) in [6.07, 6.45) is 0.493. The largest absolute Gasteiger partial charge is 0.507 e. The van der Waals surface area contributed by atoms with Crippen molar-refractivity contribution in [3.8, 4) is 5.75 Å². The van der Waals surface area contributed by atoms with E-state index >= 15 is 0 Å². The third kappa shape index (κ3) is 3.40. The van der Waals surface area contributed by atoms with Crippen molar-refractivity contribution in [2.45, 2.75) is 0 Å². The van der Waals surface area contributed by atoms with Crippen molar-refractivity contribution in [3.05, 3.63) is 57.1 Å². The zero-order valence-corrected chi connectivity index (χ0v) is 11.2. The second-order valence-electron chi connectivity index (χ2n) is 3.95. The van der Waals surface area contributed by atoms with Crippen LogP contribution in [0.2, 0.25) is 5.02 Å². The summed E-state index contributed by atoms with van der Waals surface area (Å²) in [5.41, 5.74) is 0.528. The summed E-state index contributed by atoms with van der Waals surface area (Å²) in [6, 6.07) is 7.92. The quantitative estimate of drug-likeness (QED) is 0.396. The van der Waals surface area contributed by atoms with E-state index in [4.69, 9.17) is 11.6 Å². The normalized spacial score (nSPS) is 10.7. The molecule has 8 heteroatoms. The number of halogens is 1. The number of carbonyl (C=O) groups is 1. The van der Waals surface area contributed by atoms with Crippen LogP contribution >= 0.6 is 11.6 Å². The molecule has 0 amide bonds. The molecule has 0 aliphatic heterocycles. The molecule has 1 N–H and O–H groups in total. The maximum atomic E-state index is 10.7. The van der Waals surface area contributed by atoms with Gasteiger partial charge in [0.25, 0.3) is 5.69 Å². The minimum Gasteiger partial charge on any atom is -0.507 e. The molecular formula is C13H8ClN3O4. The van der Waals surface area contributed by atoms with Crippen LogP contribution in [0.3, 0.4) is 0 Å². The van der Waals surface area contributed by atoms with E-state index in [1.165, 1.54) is 36.4 Å². The number of carbonyl (C=O) groups excluding carboxylic acids is 1. The Morgan fingerprint density at radius 1 is 1.19 bits per heavy atom. The molecule has 106 valence electrons. The van der Waals surface area contributed by atoms with E-state index in [1.807, 2.05) is 0 Å². The van der Waals surface area contributed by atoms with Gasteiger partial charge < -0.3 is 5.11 Å². The van der Waals surface area contributed by atoms with Crippen LogP contribution in [0.25, 0.3) is 0 Å². The van der Waals surface area contributed by atoms with E-state index in [0.717, 1.165) is 0 Å². The number of hydrogen-bond donors (Lipinski definition) is 1. The van der Waals surface area contributed by atoms with Crippen molar-refractivity contribution in [1.82, 2.24) is 0 Å². The van der Waals surface area contributed by atoms with Gasteiger partial charge in [-0.2, -0.15) is 5.11 Å². The highest BCUT2D eigenvalue weighted by atomic mass is 35.5. The zero-order chi connectivity index (χ0) is 15.4. The van der Waals surface area contributed by atoms with Gasteiger partial charge in [0.2, 0.25) is 0 Å². The number of nitro benzene ring substituents is 1. The van der Waals surface area contributed by atoms with Gasteiger partial charge in [-0.05, 0) is 24.3 Å². The SMILES string of the molecule is O=Cc1cc(N=Nc2ccc([N+](=O)[O-])cc2Cl)ccc1O. The summed E-state index contributed by atoms with van der Waals surface area (Å²) < 4.78 is 0. The Bertz CT molecular complexity index is 746. The number of phenolic OH excluding ortho intramolecular Hbond substituents is 1. The molecule has 0 atom stereocenters. The topological polar surface area (TPSA) is 105 Å². The van der Waals surface area contributed by atoms with Gasteiger partial charge in [0.05, 0.1) is 21.2 Å². The molecule has 7 nitrogen and oxygen atoms in total. The summed E-state index contributed by atoms with van der Waals surface area (Å²) in [5, 5.41) is 27.7. The lowest BCUT2D eigenvalue weighted by Crippen LogP contribution is -1.86. The van der Waals surface area contributed by atoms with Crippen molar-refractivity contribution in [2.24, 2.45) is 10.2 Å². The van der Waals surface area contributed by atoms with Gasteiger partial charge in [0.1, 0.15) is 11.4 Å². The highest BCUT2D eigenvalue weighted by Gasteiger charge is 2.09. The first kappa shape index (κ1) is 14.6. The van der Waals surface area contributed by atoms with Crippen LogP contribution in [-0.2, 0) is 0 Å². The van der Waals surface area contributed by atoms with Crippen LogP contribution in [0.15, 0.2) is 46.6 Å². The van der Waals surface area contributed by atoms with Gasteiger partial charge in [0.15, 0.2) is 6.29 Å². The van der Waals surface area contributed by atoms with Crippen molar-refractivity contribution in [1.29, 1.82) is 0 Å². The molecule has 21 heavy (non-hydrogen) atoms. The van der Waals surface area contributed by atoms with Gasteiger partial charge in [0, 0.05) is 12.1 Å². The van der Waals surface area contributed by atoms with Crippen molar-refractivity contribution in [2.75, 3.05) is 0 Å². The third-order valence-corrected chi connectivity index (χ3v) is 2.86. The molecule has 2 rings (SSSR count). The monoisotopic (exact) mass is 305 g/mol. The van der Waals surface area contributed by atoms with Crippen LogP contribution in [-0.4, -0.2) is 16.3 Å². The Balaban J connectivity index is 2.29. The number of azo groups is 1. The molecule has 0 aliphatic rings. The molecule has 0 bridgehead atoms. The molecular weight excluding hydrogens is 298 g/mol. The minimum atomic E-state index is -0.566. The number of rotatable bonds is 4. The molecule has 0 unspecified atom stereocenters. The molecule has 0 aromatic heterocycles. The van der Waals surface area contributed by atoms with Gasteiger partial charge >= 0.3 is 0 Å². The number of hydrogen-bond acceptors (Lipinski definition) is 6. The number of nitro groups is 1.